The molecule has 0 unspecified atom stereocenters. The highest BCUT2D eigenvalue weighted by Crippen LogP contribution is 2.56. The minimum absolute atomic E-state index is 0.0639. The molecular formula is C21H25N3O3. The maximum Gasteiger partial charge on any atom is 0.230 e. The molecule has 1 aromatic heterocycles. The van der Waals surface area contributed by atoms with Crippen LogP contribution in [0, 0.1) is 17.8 Å². The Hall–Kier alpha value is -2.37. The first-order valence-corrected chi connectivity index (χ1v) is 9.97. The van der Waals surface area contributed by atoms with Crippen LogP contribution in [0.25, 0.3) is 0 Å². The molecule has 4 atom stereocenters. The average Bonchev–Trinajstić information content (AvgIpc) is 3.12. The quantitative estimate of drug-likeness (QED) is 0.847. The summed E-state index contributed by atoms with van der Waals surface area (Å²) in [4.78, 5) is 17.8. The van der Waals surface area contributed by atoms with Gasteiger partial charge in [-0.2, -0.15) is 4.98 Å². The predicted octanol–water partition coefficient (Wildman–Crippen LogP) is 3.40. The summed E-state index contributed by atoms with van der Waals surface area (Å²) in [6, 6.07) is 7.79. The molecule has 27 heavy (non-hydrogen) atoms. The van der Waals surface area contributed by atoms with Crippen LogP contribution < -0.4 is 10.1 Å². The molecule has 6 heteroatoms. The average molecular weight is 367 g/mol. The number of rotatable bonds is 6. The lowest BCUT2D eigenvalue weighted by atomic mass is 9.78. The van der Waals surface area contributed by atoms with E-state index in [4.69, 9.17) is 9.26 Å². The van der Waals surface area contributed by atoms with Gasteiger partial charge in [0.25, 0.3) is 0 Å². The highest BCUT2D eigenvalue weighted by atomic mass is 16.5. The molecule has 0 aliphatic heterocycles. The van der Waals surface area contributed by atoms with E-state index in [9.17, 15) is 4.79 Å². The summed E-state index contributed by atoms with van der Waals surface area (Å²) < 4.78 is 11.0. The van der Waals surface area contributed by atoms with E-state index in [1.165, 1.54) is 0 Å². The smallest absolute Gasteiger partial charge is 0.230 e. The fourth-order valence-corrected chi connectivity index (χ4v) is 5.06. The van der Waals surface area contributed by atoms with Gasteiger partial charge in [-0.05, 0) is 50.0 Å². The number of fused-ring (bicyclic) bond motifs is 2. The van der Waals surface area contributed by atoms with E-state index >= 15 is 0 Å². The highest BCUT2D eigenvalue weighted by molar-refractivity contribution is 5.80. The number of amides is 1. The Morgan fingerprint density at radius 1 is 1.22 bits per heavy atom. The fraction of sp³-hybridized carbons (Fsp3) is 0.571. The molecule has 3 aliphatic carbocycles. The molecule has 6 nitrogen and oxygen atoms in total. The van der Waals surface area contributed by atoms with Gasteiger partial charge in [0.05, 0.1) is 18.9 Å². The Balaban J connectivity index is 1.33. The summed E-state index contributed by atoms with van der Waals surface area (Å²) in [5, 5.41) is 7.32. The minimum atomic E-state index is -0.0639. The van der Waals surface area contributed by atoms with E-state index in [1.807, 2.05) is 24.3 Å². The number of ether oxygens (including phenoxy) is 1. The van der Waals surface area contributed by atoms with Crippen LogP contribution in [0.5, 0.6) is 5.75 Å². The zero-order chi connectivity index (χ0) is 18.4. The summed E-state index contributed by atoms with van der Waals surface area (Å²) in [5.74, 6) is 3.81. The van der Waals surface area contributed by atoms with Gasteiger partial charge in [-0.15, -0.1) is 0 Å². The van der Waals surface area contributed by atoms with Crippen LogP contribution in [0.2, 0.25) is 0 Å². The first kappa shape index (κ1) is 16.8. The number of para-hydroxylation sites is 1. The lowest BCUT2D eigenvalue weighted by Crippen LogP contribution is -2.37. The van der Waals surface area contributed by atoms with E-state index in [0.29, 0.717) is 30.2 Å². The van der Waals surface area contributed by atoms with Crippen molar-refractivity contribution in [1.82, 2.24) is 15.5 Å². The van der Waals surface area contributed by atoms with Crippen LogP contribution in [-0.2, 0) is 11.3 Å². The number of aromatic nitrogens is 2. The maximum absolute atomic E-state index is 13.1. The molecule has 1 N–H and O–H groups in total. The van der Waals surface area contributed by atoms with Crippen molar-refractivity contribution in [2.45, 2.75) is 50.5 Å². The zero-order valence-electron chi connectivity index (χ0n) is 15.6. The summed E-state index contributed by atoms with van der Waals surface area (Å²) in [6.45, 7) is 0.473. The lowest BCUT2D eigenvalue weighted by Gasteiger charge is -2.27. The standard InChI is InChI=1S/C21H25N3O3/c1-26-16-5-3-2-4-15(16)11-22-20(25)17-13-8-9-14(10-13)18(17)21-23-19(24-27-21)12-6-7-12/h2-5,12-14,17-18H,6-11H2,1H3,(H,22,25)/t13-,14+,17-,18-/m0/s1. The lowest BCUT2D eigenvalue weighted by molar-refractivity contribution is -0.127. The Labute approximate surface area is 158 Å². The number of carbonyl (C=O) groups excluding carboxylic acids is 1. The largest absolute Gasteiger partial charge is 0.496 e. The molecule has 0 spiro atoms. The predicted molar refractivity (Wildman–Crippen MR) is 98.2 cm³/mol. The molecule has 142 valence electrons. The molecule has 0 radical (unpaired) electrons. The summed E-state index contributed by atoms with van der Waals surface area (Å²) in [5.41, 5.74) is 0.988. The van der Waals surface area contributed by atoms with Gasteiger partial charge >= 0.3 is 0 Å². The van der Waals surface area contributed by atoms with E-state index in [-0.39, 0.29) is 17.7 Å². The van der Waals surface area contributed by atoms with E-state index in [1.54, 1.807) is 7.11 Å². The van der Waals surface area contributed by atoms with Gasteiger partial charge in [0.15, 0.2) is 5.82 Å². The van der Waals surface area contributed by atoms with Crippen LogP contribution in [0.15, 0.2) is 28.8 Å². The molecule has 3 fully saturated rings. The van der Waals surface area contributed by atoms with Crippen molar-refractivity contribution in [3.63, 3.8) is 0 Å². The molecule has 2 aromatic rings. The molecule has 3 saturated carbocycles. The minimum Gasteiger partial charge on any atom is -0.496 e. The molecular weight excluding hydrogens is 342 g/mol. The van der Waals surface area contributed by atoms with Crippen LogP contribution in [0.4, 0.5) is 0 Å². The zero-order valence-corrected chi connectivity index (χ0v) is 15.6. The monoisotopic (exact) mass is 367 g/mol. The van der Waals surface area contributed by atoms with Gasteiger partial charge < -0.3 is 14.6 Å². The van der Waals surface area contributed by atoms with Crippen LogP contribution in [-0.4, -0.2) is 23.2 Å². The van der Waals surface area contributed by atoms with E-state index in [2.05, 4.69) is 15.5 Å². The molecule has 2 bridgehead atoms. The van der Waals surface area contributed by atoms with Crippen molar-refractivity contribution in [3.05, 3.63) is 41.5 Å². The number of hydrogen-bond acceptors (Lipinski definition) is 5. The third-order valence-corrected chi connectivity index (χ3v) is 6.55. The van der Waals surface area contributed by atoms with Gasteiger partial charge in [0.1, 0.15) is 5.75 Å². The Morgan fingerprint density at radius 3 is 2.85 bits per heavy atom. The van der Waals surface area contributed by atoms with Crippen LogP contribution >= 0.6 is 0 Å². The summed E-state index contributed by atoms with van der Waals surface area (Å²) in [7, 11) is 1.65. The van der Waals surface area contributed by atoms with Crippen LogP contribution in [0.3, 0.4) is 0 Å². The first-order valence-electron chi connectivity index (χ1n) is 9.97. The number of benzene rings is 1. The molecule has 1 heterocycles. The molecule has 1 aromatic carbocycles. The second-order valence-corrected chi connectivity index (χ2v) is 8.18. The van der Waals surface area contributed by atoms with Crippen molar-refractivity contribution in [3.8, 4) is 5.75 Å². The van der Waals surface area contributed by atoms with Gasteiger partial charge in [0, 0.05) is 18.0 Å². The van der Waals surface area contributed by atoms with Gasteiger partial charge in [-0.1, -0.05) is 23.4 Å². The van der Waals surface area contributed by atoms with Crippen molar-refractivity contribution in [1.29, 1.82) is 0 Å². The van der Waals surface area contributed by atoms with Crippen molar-refractivity contribution >= 4 is 5.91 Å². The van der Waals surface area contributed by atoms with Gasteiger partial charge in [0.2, 0.25) is 11.8 Å². The number of methoxy groups -OCH3 is 1. The fourth-order valence-electron chi connectivity index (χ4n) is 5.06. The number of hydrogen-bond donors (Lipinski definition) is 1. The molecule has 5 rings (SSSR count). The first-order chi connectivity index (χ1) is 13.2. The number of carbonyl (C=O) groups is 1. The van der Waals surface area contributed by atoms with Gasteiger partial charge in [-0.3, -0.25) is 4.79 Å². The van der Waals surface area contributed by atoms with E-state index < -0.39 is 0 Å². The topological polar surface area (TPSA) is 77.2 Å². The maximum atomic E-state index is 13.1. The van der Waals surface area contributed by atoms with Crippen molar-refractivity contribution in [2.75, 3.05) is 7.11 Å². The van der Waals surface area contributed by atoms with Gasteiger partial charge in [-0.25, -0.2) is 0 Å². The molecule has 3 aliphatic rings. The molecule has 0 saturated heterocycles. The van der Waals surface area contributed by atoms with Crippen molar-refractivity contribution < 1.29 is 14.1 Å². The highest BCUT2D eigenvalue weighted by Gasteiger charge is 2.53. The second kappa shape index (κ2) is 6.66. The number of nitrogens with one attached hydrogen (secondary N) is 1. The molecule has 1 amide bonds. The third kappa shape index (κ3) is 3.01. The Kier molecular flexibility index (Phi) is 4.14. The summed E-state index contributed by atoms with van der Waals surface area (Å²) in [6.07, 6.45) is 5.68. The number of nitrogens with zero attached hydrogens (tertiary/aromatic N) is 2. The Bertz CT molecular complexity index is 845. The van der Waals surface area contributed by atoms with Crippen molar-refractivity contribution in [2.24, 2.45) is 17.8 Å². The summed E-state index contributed by atoms with van der Waals surface area (Å²) >= 11 is 0. The third-order valence-electron chi connectivity index (χ3n) is 6.55. The Morgan fingerprint density at radius 2 is 2.04 bits per heavy atom. The SMILES string of the molecule is COc1ccccc1CNC(=O)[C@H]1[C@H]2CC[C@H](C2)[C@@H]1c1nc(C2CC2)no1. The van der Waals surface area contributed by atoms with Crippen LogP contribution in [0.1, 0.15) is 61.2 Å². The normalized spacial score (nSPS) is 29.1. The van der Waals surface area contributed by atoms with E-state index in [0.717, 1.165) is 49.2 Å². The second-order valence-electron chi connectivity index (χ2n) is 8.18.